The number of aromatic nitrogens is 3. The molecule has 5 rings (SSSR count). The fourth-order valence-corrected chi connectivity index (χ4v) is 4.11. The molecule has 190 valence electrons. The fraction of sp³-hybridized carbons (Fsp3) is 0.222. The van der Waals surface area contributed by atoms with E-state index in [0.29, 0.717) is 25.3 Å². The van der Waals surface area contributed by atoms with Crippen LogP contribution in [0.5, 0.6) is 23.3 Å². The van der Waals surface area contributed by atoms with Crippen LogP contribution in [0.25, 0.3) is 11.3 Å². The summed E-state index contributed by atoms with van der Waals surface area (Å²) in [6.45, 7) is 0.837. The second kappa shape index (κ2) is 9.96. The quantitative estimate of drug-likeness (QED) is 0.337. The first kappa shape index (κ1) is 24.4. The SMILES string of the molecule is COc1ccc2c(c1)CCn1c-2cc(OCCc2ccc(Oc3ccc(C(F)(F)F)cn3)cc2)nc1=O. The molecule has 3 heterocycles. The highest BCUT2D eigenvalue weighted by molar-refractivity contribution is 5.67. The van der Waals surface area contributed by atoms with Crippen molar-refractivity contribution in [2.24, 2.45) is 0 Å². The van der Waals surface area contributed by atoms with E-state index in [9.17, 15) is 18.0 Å². The van der Waals surface area contributed by atoms with Crippen molar-refractivity contribution < 1.29 is 27.4 Å². The van der Waals surface area contributed by atoms with E-state index in [1.54, 1.807) is 29.9 Å². The molecule has 2 aromatic carbocycles. The lowest BCUT2D eigenvalue weighted by Crippen LogP contribution is -2.28. The average molecular weight is 509 g/mol. The van der Waals surface area contributed by atoms with Crippen LogP contribution in [0.2, 0.25) is 0 Å². The van der Waals surface area contributed by atoms with Gasteiger partial charge >= 0.3 is 11.9 Å². The summed E-state index contributed by atoms with van der Waals surface area (Å²) in [4.78, 5) is 20.4. The minimum absolute atomic E-state index is 0.0638. The van der Waals surface area contributed by atoms with Gasteiger partial charge in [0.25, 0.3) is 0 Å². The Labute approximate surface area is 210 Å². The van der Waals surface area contributed by atoms with E-state index in [0.717, 1.165) is 46.8 Å². The highest BCUT2D eigenvalue weighted by Crippen LogP contribution is 2.32. The average Bonchev–Trinajstić information content (AvgIpc) is 2.89. The number of aryl methyl sites for hydroxylation is 1. The van der Waals surface area contributed by atoms with Crippen molar-refractivity contribution in [1.29, 1.82) is 0 Å². The summed E-state index contributed by atoms with van der Waals surface area (Å²) in [5.74, 6) is 1.53. The fourth-order valence-electron chi connectivity index (χ4n) is 4.11. The molecule has 1 aliphatic rings. The zero-order chi connectivity index (χ0) is 26.0. The number of alkyl halides is 3. The van der Waals surface area contributed by atoms with Crippen LogP contribution in [-0.4, -0.2) is 28.3 Å². The van der Waals surface area contributed by atoms with E-state index < -0.39 is 11.7 Å². The highest BCUT2D eigenvalue weighted by Gasteiger charge is 2.30. The lowest BCUT2D eigenvalue weighted by atomic mass is 9.97. The van der Waals surface area contributed by atoms with Gasteiger partial charge in [-0.3, -0.25) is 4.57 Å². The molecule has 0 amide bonds. The molecule has 0 saturated heterocycles. The number of ether oxygens (including phenoxy) is 3. The highest BCUT2D eigenvalue weighted by atomic mass is 19.4. The topological polar surface area (TPSA) is 75.5 Å². The Bertz CT molecular complexity index is 1470. The van der Waals surface area contributed by atoms with Gasteiger partial charge in [0.15, 0.2) is 0 Å². The monoisotopic (exact) mass is 509 g/mol. The number of hydrogen-bond donors (Lipinski definition) is 0. The summed E-state index contributed by atoms with van der Waals surface area (Å²) >= 11 is 0. The molecule has 0 N–H and O–H groups in total. The van der Waals surface area contributed by atoms with Gasteiger partial charge in [-0.1, -0.05) is 12.1 Å². The molecule has 0 radical (unpaired) electrons. The molecule has 4 aromatic rings. The van der Waals surface area contributed by atoms with Gasteiger partial charge in [-0.25, -0.2) is 9.78 Å². The van der Waals surface area contributed by atoms with Gasteiger partial charge in [0.05, 0.1) is 25.0 Å². The number of hydrogen-bond acceptors (Lipinski definition) is 6. The molecular formula is C27H22F3N3O4. The predicted molar refractivity (Wildman–Crippen MR) is 129 cm³/mol. The smallest absolute Gasteiger partial charge is 0.417 e. The van der Waals surface area contributed by atoms with Crippen LogP contribution in [0.3, 0.4) is 0 Å². The van der Waals surface area contributed by atoms with Crippen molar-refractivity contribution in [3.63, 3.8) is 0 Å². The summed E-state index contributed by atoms with van der Waals surface area (Å²) in [6, 6.07) is 16.7. The van der Waals surface area contributed by atoms with Gasteiger partial charge in [0.2, 0.25) is 11.8 Å². The predicted octanol–water partition coefficient (Wildman–Crippen LogP) is 5.30. The number of nitrogens with zero attached hydrogens (tertiary/aromatic N) is 3. The number of methoxy groups -OCH3 is 1. The minimum Gasteiger partial charge on any atom is -0.497 e. The molecule has 10 heteroatoms. The number of pyridine rings is 1. The lowest BCUT2D eigenvalue weighted by molar-refractivity contribution is -0.137. The molecule has 1 aliphatic heterocycles. The van der Waals surface area contributed by atoms with Crippen LogP contribution in [-0.2, 0) is 25.6 Å². The first-order valence-corrected chi connectivity index (χ1v) is 11.5. The molecule has 0 aliphatic carbocycles. The Morgan fingerprint density at radius 2 is 1.76 bits per heavy atom. The molecule has 0 spiro atoms. The molecule has 0 saturated carbocycles. The van der Waals surface area contributed by atoms with E-state index in [4.69, 9.17) is 14.2 Å². The Morgan fingerprint density at radius 1 is 0.973 bits per heavy atom. The van der Waals surface area contributed by atoms with Gasteiger partial charge in [0.1, 0.15) is 11.5 Å². The molecule has 0 atom stereocenters. The summed E-state index contributed by atoms with van der Waals surface area (Å²) in [5, 5.41) is 0. The maximum Gasteiger partial charge on any atom is 0.417 e. The number of benzene rings is 2. The first-order chi connectivity index (χ1) is 17.8. The molecule has 2 aromatic heterocycles. The maximum atomic E-state index is 12.7. The van der Waals surface area contributed by atoms with Gasteiger partial charge < -0.3 is 14.2 Å². The van der Waals surface area contributed by atoms with Gasteiger partial charge in [0, 0.05) is 36.9 Å². The summed E-state index contributed by atoms with van der Waals surface area (Å²) < 4.78 is 56.3. The van der Waals surface area contributed by atoms with Crippen LogP contribution in [0.15, 0.2) is 71.7 Å². The molecule has 7 nitrogen and oxygen atoms in total. The van der Waals surface area contributed by atoms with Crippen LogP contribution < -0.4 is 19.9 Å². The van der Waals surface area contributed by atoms with E-state index in [1.807, 2.05) is 30.3 Å². The van der Waals surface area contributed by atoms with E-state index in [2.05, 4.69) is 9.97 Å². The third kappa shape index (κ3) is 5.42. The largest absolute Gasteiger partial charge is 0.497 e. The zero-order valence-corrected chi connectivity index (χ0v) is 19.8. The van der Waals surface area contributed by atoms with Crippen molar-refractivity contribution in [3.8, 4) is 34.5 Å². The van der Waals surface area contributed by atoms with Crippen molar-refractivity contribution in [3.05, 3.63) is 94.0 Å². The van der Waals surface area contributed by atoms with Crippen molar-refractivity contribution in [1.82, 2.24) is 14.5 Å². The molecule has 37 heavy (non-hydrogen) atoms. The molecule has 0 unspecified atom stereocenters. The van der Waals surface area contributed by atoms with Crippen molar-refractivity contribution in [2.75, 3.05) is 13.7 Å². The number of halogens is 3. The molecular weight excluding hydrogens is 487 g/mol. The van der Waals surface area contributed by atoms with Gasteiger partial charge in [-0.2, -0.15) is 18.2 Å². The minimum atomic E-state index is -4.45. The van der Waals surface area contributed by atoms with E-state index >= 15 is 0 Å². The lowest BCUT2D eigenvalue weighted by Gasteiger charge is -2.22. The Morgan fingerprint density at radius 3 is 2.46 bits per heavy atom. The Kier molecular flexibility index (Phi) is 6.56. The normalized spacial score (nSPS) is 12.4. The summed E-state index contributed by atoms with van der Waals surface area (Å²) in [7, 11) is 1.62. The van der Waals surface area contributed by atoms with Crippen LogP contribution in [0.4, 0.5) is 13.2 Å². The third-order valence-corrected chi connectivity index (χ3v) is 6.03. The standard InChI is InChI=1S/C27H22F3N3O4/c1-35-21-7-8-22-18(14-21)10-12-33-23(22)15-25(32-26(33)34)36-13-11-17-2-5-20(6-3-17)37-24-9-4-19(16-31-24)27(28,29)30/h2-9,14-16H,10-13H2,1H3. The van der Waals surface area contributed by atoms with Crippen molar-refractivity contribution >= 4 is 0 Å². The first-order valence-electron chi connectivity index (χ1n) is 11.5. The Hall–Kier alpha value is -4.34. The van der Waals surface area contributed by atoms with Crippen LogP contribution >= 0.6 is 0 Å². The maximum absolute atomic E-state index is 12.7. The van der Waals surface area contributed by atoms with Crippen LogP contribution in [0, 0.1) is 0 Å². The second-order valence-corrected chi connectivity index (χ2v) is 8.41. The molecule has 0 bridgehead atoms. The summed E-state index contributed by atoms with van der Waals surface area (Å²) in [5.41, 5.74) is 2.57. The second-order valence-electron chi connectivity index (χ2n) is 8.41. The zero-order valence-electron chi connectivity index (χ0n) is 19.8. The van der Waals surface area contributed by atoms with Crippen molar-refractivity contribution in [2.45, 2.75) is 25.6 Å². The molecule has 0 fully saturated rings. The van der Waals surface area contributed by atoms with Gasteiger partial charge in [-0.05, 0) is 53.9 Å². The van der Waals surface area contributed by atoms with Crippen LogP contribution in [0.1, 0.15) is 16.7 Å². The summed E-state index contributed by atoms with van der Waals surface area (Å²) in [6.07, 6.45) is -2.45. The number of rotatable bonds is 7. The third-order valence-electron chi connectivity index (χ3n) is 6.03. The van der Waals surface area contributed by atoms with Gasteiger partial charge in [-0.15, -0.1) is 0 Å². The van der Waals surface area contributed by atoms with E-state index in [-0.39, 0.29) is 17.4 Å². The number of fused-ring (bicyclic) bond motifs is 3. The van der Waals surface area contributed by atoms with E-state index in [1.165, 1.54) is 6.07 Å². The Balaban J connectivity index is 1.21.